The molecule has 5 aromatic carbocycles. The quantitative estimate of drug-likeness (QED) is 0.124. The fraction of sp³-hybridized carbons (Fsp3) is 0.210. The highest BCUT2D eigenvalue weighted by atomic mass is 35.5. The van der Waals surface area contributed by atoms with E-state index < -0.39 is 35.8 Å². The number of thiophene rings is 1. The maximum Gasteiger partial charge on any atom is 0.220 e. The van der Waals surface area contributed by atoms with Gasteiger partial charge in [-0.3, -0.25) is 29.4 Å². The van der Waals surface area contributed by atoms with Crippen molar-refractivity contribution in [1.29, 1.82) is 0 Å². The summed E-state index contributed by atoms with van der Waals surface area (Å²) in [4.78, 5) is 52.1. The number of primary amides is 3. The van der Waals surface area contributed by atoms with Crippen molar-refractivity contribution in [2.45, 2.75) is 85.9 Å². The van der Waals surface area contributed by atoms with Crippen molar-refractivity contribution < 1.29 is 28.0 Å². The van der Waals surface area contributed by atoms with E-state index in [2.05, 4.69) is 79.6 Å². The molecule has 0 spiro atoms. The number of carbonyl (C=O) groups excluding carboxylic acids is 3. The molecule has 0 saturated heterocycles. The predicted octanol–water partition coefficient (Wildman–Crippen LogP) is 12.9. The van der Waals surface area contributed by atoms with Crippen LogP contribution in [0.3, 0.4) is 0 Å². The zero-order valence-electron chi connectivity index (χ0n) is 44.9. The number of aromatic nitrogens is 3. The molecule has 3 amide bonds. The van der Waals surface area contributed by atoms with Crippen molar-refractivity contribution in [3.05, 3.63) is 215 Å². The van der Waals surface area contributed by atoms with Crippen LogP contribution in [0.1, 0.15) is 127 Å². The van der Waals surface area contributed by atoms with Gasteiger partial charge < -0.3 is 30.8 Å². The minimum Gasteiger partial charge on any atom is -0.370 e. The Balaban J connectivity index is 0.000000135. The minimum absolute atomic E-state index is 0.0483. The average molecular weight is 1130 g/mol. The summed E-state index contributed by atoms with van der Waals surface area (Å²) in [5, 5.41) is 13.7. The molecule has 3 atom stereocenters. The molecule has 0 saturated carbocycles. The Hall–Kier alpha value is -8.57. The Morgan fingerprint density at radius 1 is 0.463 bits per heavy atom. The lowest BCUT2D eigenvalue weighted by atomic mass is 9.89. The second-order valence-electron chi connectivity index (χ2n) is 19.9. The number of carbonyl (C=O) groups is 3. The van der Waals surface area contributed by atoms with Crippen molar-refractivity contribution >= 4 is 69.4 Å². The number of hydrogen-bond acceptors (Lipinski definition) is 13. The maximum atomic E-state index is 11.7. The third-order valence-corrected chi connectivity index (χ3v) is 16.0. The van der Waals surface area contributed by atoms with Crippen molar-refractivity contribution in [2.24, 2.45) is 32.2 Å². The Morgan fingerprint density at radius 2 is 0.863 bits per heavy atom. The van der Waals surface area contributed by atoms with Crippen LogP contribution >= 0.6 is 34.5 Å². The molecule has 3 aliphatic heterocycles. The maximum absolute atomic E-state index is 11.7. The summed E-state index contributed by atoms with van der Waals surface area (Å²) < 4.78 is 16.8. The monoisotopic (exact) mass is 1120 g/mol. The summed E-state index contributed by atoms with van der Waals surface area (Å²) in [5.41, 5.74) is 35.3. The van der Waals surface area contributed by atoms with E-state index in [4.69, 9.17) is 68.9 Å². The Kier molecular flexibility index (Phi) is 15.5. The molecular formula is C62H55Cl2N9O6S. The highest BCUT2D eigenvalue weighted by Gasteiger charge is 2.36. The number of fused-ring (bicyclic) bond motifs is 9. The van der Waals surface area contributed by atoms with Crippen LogP contribution in [0.5, 0.6) is 0 Å². The standard InChI is InChI=1S/C22H21N3O2.C20H18ClN3O2S.C20H16ClN3O2/c1-12-7-9-15(10-8-12)21-19-13(2)5-4-6-16(19)20-14(3)25-27-22(20)17(24-21)11-18(23)26;1-9-11(3)27-20-16(9)18(12-4-6-13(21)7-5-12)23-14(8-15(22)25)19-17(20)10(2)24-26-19;1-11-18-14-4-2-3-5-15(14)19(12-6-8-13(21)9-7-12)23-16(10-17(22)25)20(18)26-24-11/h4-10,17H,11H2,1-3H3,(H2,23,26);4-7,14H,8H2,1-3H3,(H2,22,25);2-9,16H,10H2,1H3,(H2,22,25)/t17-;14-;16-/m000/s1. The van der Waals surface area contributed by atoms with Gasteiger partial charge in [-0.2, -0.15) is 0 Å². The molecule has 12 rings (SSSR count). The Labute approximate surface area is 475 Å². The Bertz CT molecular complexity index is 3980. The number of hydrogen-bond donors (Lipinski definition) is 3. The Morgan fingerprint density at radius 3 is 1.36 bits per heavy atom. The molecule has 6 N–H and O–H groups in total. The third kappa shape index (κ3) is 10.8. The average Bonchev–Trinajstić information content (AvgIpc) is 4.35. The highest BCUT2D eigenvalue weighted by Crippen LogP contribution is 2.47. The molecule has 0 bridgehead atoms. The second-order valence-corrected chi connectivity index (χ2v) is 22.0. The molecule has 0 radical (unpaired) electrons. The number of benzene rings is 5. The molecule has 80 heavy (non-hydrogen) atoms. The van der Waals surface area contributed by atoms with E-state index in [1.165, 1.54) is 10.4 Å². The molecular weight excluding hydrogens is 1070 g/mol. The van der Waals surface area contributed by atoms with Crippen molar-refractivity contribution in [3.8, 4) is 32.7 Å². The second kappa shape index (κ2) is 22.7. The summed E-state index contributed by atoms with van der Waals surface area (Å²) in [6.45, 7) is 14.0. The van der Waals surface area contributed by atoms with Gasteiger partial charge in [-0.25, -0.2) is 0 Å². The lowest BCUT2D eigenvalue weighted by Gasteiger charge is -2.14. The summed E-state index contributed by atoms with van der Waals surface area (Å²) in [7, 11) is 0. The van der Waals surface area contributed by atoms with Gasteiger partial charge in [0, 0.05) is 53.2 Å². The number of amides is 3. The zero-order chi connectivity index (χ0) is 56.7. The van der Waals surface area contributed by atoms with Gasteiger partial charge in [0.2, 0.25) is 17.7 Å². The van der Waals surface area contributed by atoms with E-state index in [1.807, 2.05) is 99.6 Å². The van der Waals surface area contributed by atoms with Gasteiger partial charge in [-0.1, -0.05) is 135 Å². The predicted molar refractivity (Wildman–Crippen MR) is 313 cm³/mol. The largest absolute Gasteiger partial charge is 0.370 e. The van der Waals surface area contributed by atoms with Crippen LogP contribution in [0.15, 0.2) is 144 Å². The number of halogens is 2. The van der Waals surface area contributed by atoms with Gasteiger partial charge >= 0.3 is 0 Å². The molecule has 15 nitrogen and oxygen atoms in total. The zero-order valence-corrected chi connectivity index (χ0v) is 47.2. The number of aliphatic imine (C=N–C) groups is 3. The van der Waals surface area contributed by atoms with Gasteiger partial charge in [0.1, 0.15) is 18.1 Å². The first-order valence-electron chi connectivity index (χ1n) is 25.7. The lowest BCUT2D eigenvalue weighted by Crippen LogP contribution is -2.15. The van der Waals surface area contributed by atoms with Gasteiger partial charge in [-0.05, 0) is 95.0 Å². The fourth-order valence-corrected chi connectivity index (χ4v) is 11.9. The van der Waals surface area contributed by atoms with Crippen LogP contribution in [0, 0.1) is 48.5 Å². The van der Waals surface area contributed by atoms with Crippen molar-refractivity contribution in [1.82, 2.24) is 15.5 Å². The van der Waals surface area contributed by atoms with Crippen LogP contribution < -0.4 is 17.2 Å². The molecule has 3 aliphatic rings. The molecule has 404 valence electrons. The molecule has 9 aromatic rings. The topological polar surface area (TPSA) is 244 Å². The molecule has 18 heteroatoms. The highest BCUT2D eigenvalue weighted by molar-refractivity contribution is 7.16. The fourth-order valence-electron chi connectivity index (χ4n) is 10.4. The van der Waals surface area contributed by atoms with Gasteiger partial charge in [-0.15, -0.1) is 11.3 Å². The smallest absolute Gasteiger partial charge is 0.220 e. The molecule has 0 aliphatic carbocycles. The van der Waals surface area contributed by atoms with E-state index in [-0.39, 0.29) is 19.3 Å². The normalized spacial score (nSPS) is 15.6. The first-order chi connectivity index (χ1) is 38.4. The van der Waals surface area contributed by atoms with Crippen LogP contribution in [0.4, 0.5) is 0 Å². The van der Waals surface area contributed by atoms with E-state index >= 15 is 0 Å². The molecule has 0 fully saturated rings. The summed E-state index contributed by atoms with van der Waals surface area (Å²) in [6.07, 6.45) is 0.183. The summed E-state index contributed by atoms with van der Waals surface area (Å²) in [5.74, 6) is 0.461. The minimum atomic E-state index is -0.526. The molecule has 0 unspecified atom stereocenters. The van der Waals surface area contributed by atoms with E-state index in [1.54, 1.807) is 11.3 Å². The van der Waals surface area contributed by atoms with E-state index in [0.717, 1.165) is 111 Å². The molecule has 7 heterocycles. The number of nitrogens with two attached hydrogens (primary N) is 3. The van der Waals surface area contributed by atoms with Gasteiger partial charge in [0.15, 0.2) is 17.3 Å². The van der Waals surface area contributed by atoms with Crippen LogP contribution in [0.25, 0.3) is 32.7 Å². The first kappa shape index (κ1) is 54.8. The SMILES string of the molecule is Cc1ccc(C2=N[C@@H](CC(N)=O)c3onc(C)c3-c3cccc(C)c32)cc1.Cc1noc2c1-c1ccccc1C(c1ccc(Cl)cc1)=N[C@H]2CC(N)=O.Cc1noc2c1-c1sc(C)c(C)c1C(c1ccc(Cl)cc1)=N[C@H]2CC(N)=O. The van der Waals surface area contributed by atoms with Crippen LogP contribution in [-0.2, 0) is 14.4 Å². The first-order valence-corrected chi connectivity index (χ1v) is 27.3. The van der Waals surface area contributed by atoms with Crippen LogP contribution in [-0.4, -0.2) is 50.3 Å². The van der Waals surface area contributed by atoms with Crippen molar-refractivity contribution in [3.63, 3.8) is 0 Å². The summed E-state index contributed by atoms with van der Waals surface area (Å²) >= 11 is 13.8. The summed E-state index contributed by atoms with van der Waals surface area (Å²) in [6, 6.07) is 35.8. The lowest BCUT2D eigenvalue weighted by molar-refractivity contribution is -0.119. The van der Waals surface area contributed by atoms with Crippen molar-refractivity contribution in [2.75, 3.05) is 0 Å². The van der Waals surface area contributed by atoms with Crippen LogP contribution in [0.2, 0.25) is 10.0 Å². The molecule has 4 aromatic heterocycles. The number of rotatable bonds is 9. The number of aryl methyl sites for hydroxylation is 6. The third-order valence-electron chi connectivity index (χ3n) is 14.3. The number of nitrogens with zero attached hydrogens (tertiary/aromatic N) is 6. The van der Waals surface area contributed by atoms with Gasteiger partial charge in [0.05, 0.1) is 70.2 Å². The van der Waals surface area contributed by atoms with Gasteiger partial charge in [0.25, 0.3) is 0 Å². The van der Waals surface area contributed by atoms with E-state index in [0.29, 0.717) is 27.3 Å². The van der Waals surface area contributed by atoms with E-state index in [9.17, 15) is 14.4 Å².